The highest BCUT2D eigenvalue weighted by atomic mass is 19.4. The minimum absolute atomic E-state index is 0.0000714. The molecule has 6 nitrogen and oxygen atoms in total. The third kappa shape index (κ3) is 5.51. The van der Waals surface area contributed by atoms with Gasteiger partial charge in [0.1, 0.15) is 11.5 Å². The number of nitrogens with two attached hydrogens (primary N) is 1. The molecule has 0 bridgehead atoms. The Morgan fingerprint density at radius 1 is 0.800 bits per heavy atom. The van der Waals surface area contributed by atoms with Crippen LogP contribution < -0.4 is 21.1 Å². The number of hydrogen-bond donors (Lipinski definition) is 3. The van der Waals surface area contributed by atoms with Crippen molar-refractivity contribution in [2.75, 3.05) is 10.6 Å². The van der Waals surface area contributed by atoms with Gasteiger partial charge in [-0.1, -0.05) is 12.1 Å². The molecule has 0 radical (unpaired) electrons. The van der Waals surface area contributed by atoms with Crippen LogP contribution >= 0.6 is 0 Å². The average molecular weight is 415 g/mol. The molecule has 0 saturated carbocycles. The molecule has 0 atom stereocenters. The van der Waals surface area contributed by atoms with E-state index in [2.05, 4.69) is 10.6 Å². The monoisotopic (exact) mass is 415 g/mol. The van der Waals surface area contributed by atoms with Crippen LogP contribution in [0.4, 0.5) is 29.3 Å². The van der Waals surface area contributed by atoms with E-state index in [4.69, 9.17) is 10.5 Å². The predicted molar refractivity (Wildman–Crippen MR) is 106 cm³/mol. The van der Waals surface area contributed by atoms with E-state index in [1.165, 1.54) is 30.3 Å². The Kier molecular flexibility index (Phi) is 5.91. The average Bonchev–Trinajstić information content (AvgIpc) is 2.69. The van der Waals surface area contributed by atoms with Crippen molar-refractivity contribution in [2.24, 2.45) is 5.73 Å². The summed E-state index contributed by atoms with van der Waals surface area (Å²) in [4.78, 5) is 23.3. The summed E-state index contributed by atoms with van der Waals surface area (Å²) >= 11 is 0. The van der Waals surface area contributed by atoms with Crippen LogP contribution in [-0.4, -0.2) is 11.9 Å². The first-order valence-electron chi connectivity index (χ1n) is 8.64. The molecule has 4 N–H and O–H groups in total. The van der Waals surface area contributed by atoms with E-state index in [0.29, 0.717) is 11.4 Å². The van der Waals surface area contributed by atoms with Crippen LogP contribution in [0.2, 0.25) is 0 Å². The molecular weight excluding hydrogens is 399 g/mol. The Bertz CT molecular complexity index is 1070. The van der Waals surface area contributed by atoms with E-state index in [0.717, 1.165) is 12.1 Å². The third-order valence-corrected chi connectivity index (χ3v) is 3.90. The third-order valence-electron chi connectivity index (χ3n) is 3.90. The highest BCUT2D eigenvalue weighted by Crippen LogP contribution is 2.32. The molecule has 0 spiro atoms. The fraction of sp³-hybridized carbons (Fsp3) is 0.0476. The maximum Gasteiger partial charge on any atom is 0.416 e. The molecule has 0 heterocycles. The molecule has 3 aromatic carbocycles. The minimum Gasteiger partial charge on any atom is -0.457 e. The Morgan fingerprint density at radius 3 is 1.97 bits per heavy atom. The van der Waals surface area contributed by atoms with Crippen molar-refractivity contribution in [3.8, 4) is 11.5 Å². The van der Waals surface area contributed by atoms with E-state index in [9.17, 15) is 22.8 Å². The van der Waals surface area contributed by atoms with Gasteiger partial charge in [-0.15, -0.1) is 0 Å². The van der Waals surface area contributed by atoms with Crippen molar-refractivity contribution in [3.63, 3.8) is 0 Å². The maximum absolute atomic E-state index is 12.8. The number of nitrogens with one attached hydrogen (secondary N) is 2. The second-order valence-electron chi connectivity index (χ2n) is 6.18. The molecule has 154 valence electrons. The zero-order valence-electron chi connectivity index (χ0n) is 15.4. The number of primary amides is 1. The van der Waals surface area contributed by atoms with Crippen LogP contribution in [-0.2, 0) is 6.18 Å². The van der Waals surface area contributed by atoms with Gasteiger partial charge in [0, 0.05) is 16.9 Å². The van der Waals surface area contributed by atoms with Crippen molar-refractivity contribution in [1.29, 1.82) is 0 Å². The molecule has 0 unspecified atom stereocenters. The number of alkyl halides is 3. The standard InChI is InChI=1S/C21H16F3N3O3/c22-21(23,24)14-4-2-6-18(12-14)30-17-5-1-3-13(11-17)19(28)26-15-7-9-16(10-8-15)27-20(25)29/h1-12H,(H,26,28)(H3,25,27,29). The number of rotatable bonds is 5. The smallest absolute Gasteiger partial charge is 0.416 e. The molecule has 0 aliphatic rings. The van der Waals surface area contributed by atoms with Crippen molar-refractivity contribution in [2.45, 2.75) is 6.18 Å². The molecule has 0 aliphatic carbocycles. The zero-order chi connectivity index (χ0) is 21.7. The fourth-order valence-electron chi connectivity index (χ4n) is 2.56. The van der Waals surface area contributed by atoms with E-state index >= 15 is 0 Å². The Labute approximate surface area is 169 Å². The number of amides is 3. The lowest BCUT2D eigenvalue weighted by molar-refractivity contribution is -0.137. The predicted octanol–water partition coefficient (Wildman–Crippen LogP) is 5.24. The zero-order valence-corrected chi connectivity index (χ0v) is 15.4. The maximum atomic E-state index is 12.8. The molecule has 30 heavy (non-hydrogen) atoms. The van der Waals surface area contributed by atoms with Gasteiger partial charge in [0.25, 0.3) is 5.91 Å². The summed E-state index contributed by atoms with van der Waals surface area (Å²) in [5.41, 5.74) is 5.39. The molecule has 3 aromatic rings. The van der Waals surface area contributed by atoms with Gasteiger partial charge in [-0.2, -0.15) is 13.2 Å². The first-order chi connectivity index (χ1) is 14.2. The van der Waals surface area contributed by atoms with Gasteiger partial charge >= 0.3 is 12.2 Å². The van der Waals surface area contributed by atoms with Crippen LogP contribution in [0.1, 0.15) is 15.9 Å². The number of hydrogen-bond acceptors (Lipinski definition) is 3. The van der Waals surface area contributed by atoms with E-state index in [1.54, 1.807) is 30.3 Å². The number of urea groups is 1. The highest BCUT2D eigenvalue weighted by molar-refractivity contribution is 6.04. The SMILES string of the molecule is NC(=O)Nc1ccc(NC(=O)c2cccc(Oc3cccc(C(F)(F)F)c3)c2)cc1. The lowest BCUT2D eigenvalue weighted by Gasteiger charge is -2.11. The first-order valence-corrected chi connectivity index (χ1v) is 8.64. The number of carbonyl (C=O) groups excluding carboxylic acids is 2. The number of ether oxygens (including phenoxy) is 1. The first kappa shape index (κ1) is 20.7. The van der Waals surface area contributed by atoms with Crippen molar-refractivity contribution in [3.05, 3.63) is 83.9 Å². The molecule has 9 heteroatoms. The van der Waals surface area contributed by atoms with Gasteiger partial charge in [0.05, 0.1) is 5.56 Å². The lowest BCUT2D eigenvalue weighted by atomic mass is 10.2. The molecule has 3 rings (SSSR count). The van der Waals surface area contributed by atoms with Crippen LogP contribution in [0.15, 0.2) is 72.8 Å². The van der Waals surface area contributed by atoms with E-state index in [1.807, 2.05) is 0 Å². The second kappa shape index (κ2) is 8.56. The van der Waals surface area contributed by atoms with Crippen molar-refractivity contribution >= 4 is 23.3 Å². The van der Waals surface area contributed by atoms with Crippen LogP contribution in [0, 0.1) is 0 Å². The van der Waals surface area contributed by atoms with Gasteiger partial charge in [-0.25, -0.2) is 4.79 Å². The fourth-order valence-corrected chi connectivity index (χ4v) is 2.56. The van der Waals surface area contributed by atoms with Gasteiger partial charge in [0.2, 0.25) is 0 Å². The van der Waals surface area contributed by atoms with Crippen molar-refractivity contribution < 1.29 is 27.5 Å². The Hall–Kier alpha value is -4.01. The largest absolute Gasteiger partial charge is 0.457 e. The van der Waals surface area contributed by atoms with Gasteiger partial charge < -0.3 is 21.1 Å². The summed E-state index contributed by atoms with van der Waals surface area (Å²) in [7, 11) is 0. The van der Waals surface area contributed by atoms with Crippen LogP contribution in [0.25, 0.3) is 0 Å². The minimum atomic E-state index is -4.48. The van der Waals surface area contributed by atoms with E-state index in [-0.39, 0.29) is 17.1 Å². The number of halogens is 3. The Morgan fingerprint density at radius 2 is 1.37 bits per heavy atom. The van der Waals surface area contributed by atoms with Gasteiger partial charge in [-0.05, 0) is 60.7 Å². The topological polar surface area (TPSA) is 93.5 Å². The van der Waals surface area contributed by atoms with E-state index < -0.39 is 23.7 Å². The summed E-state index contributed by atoms with van der Waals surface area (Å²) in [6, 6.07) is 16.1. The second-order valence-corrected chi connectivity index (χ2v) is 6.18. The molecule has 3 amide bonds. The molecular formula is C21H16F3N3O3. The lowest BCUT2D eigenvalue weighted by Crippen LogP contribution is -2.19. The van der Waals surface area contributed by atoms with Crippen LogP contribution in [0.3, 0.4) is 0 Å². The van der Waals surface area contributed by atoms with Gasteiger partial charge in [0.15, 0.2) is 0 Å². The van der Waals surface area contributed by atoms with Crippen LogP contribution in [0.5, 0.6) is 11.5 Å². The summed E-state index contributed by atoms with van der Waals surface area (Å²) in [6.07, 6.45) is -4.48. The quantitative estimate of drug-likeness (QED) is 0.532. The molecule has 0 aliphatic heterocycles. The molecule has 0 aromatic heterocycles. The molecule has 0 saturated heterocycles. The number of carbonyl (C=O) groups is 2. The summed E-state index contributed by atoms with van der Waals surface area (Å²) in [5.74, 6) is -0.233. The summed E-state index contributed by atoms with van der Waals surface area (Å²) < 4.78 is 44.0. The number of benzene rings is 3. The summed E-state index contributed by atoms with van der Waals surface area (Å²) in [6.45, 7) is 0. The molecule has 0 fully saturated rings. The summed E-state index contributed by atoms with van der Waals surface area (Å²) in [5, 5.41) is 5.07. The van der Waals surface area contributed by atoms with Crippen molar-refractivity contribution in [1.82, 2.24) is 0 Å². The van der Waals surface area contributed by atoms with Gasteiger partial charge in [-0.3, -0.25) is 4.79 Å². The normalized spacial score (nSPS) is 10.9. The Balaban J connectivity index is 1.70. The highest BCUT2D eigenvalue weighted by Gasteiger charge is 2.30. The number of anilines is 2.